The van der Waals surface area contributed by atoms with E-state index in [-0.39, 0.29) is 10.8 Å². The van der Waals surface area contributed by atoms with E-state index in [1.54, 1.807) is 24.3 Å². The van der Waals surface area contributed by atoms with Crippen molar-refractivity contribution in [2.75, 3.05) is 12.1 Å². The van der Waals surface area contributed by atoms with Crippen molar-refractivity contribution in [1.82, 2.24) is 4.98 Å². The molecule has 3 nitrogen and oxygen atoms in total. The number of hydrogen-bond donors (Lipinski definition) is 0. The molecule has 1 heterocycles. The summed E-state index contributed by atoms with van der Waals surface area (Å²) < 4.78 is 37.7. The van der Waals surface area contributed by atoms with E-state index in [1.807, 2.05) is 0 Å². The van der Waals surface area contributed by atoms with Crippen LogP contribution in [-0.4, -0.2) is 18.2 Å². The molecule has 0 aliphatic rings. The van der Waals surface area contributed by atoms with Gasteiger partial charge in [-0.1, -0.05) is 41.4 Å². The van der Waals surface area contributed by atoms with Crippen molar-refractivity contribution >= 4 is 35.2 Å². The third-order valence-electron chi connectivity index (χ3n) is 2.73. The minimum atomic E-state index is -4.49. The van der Waals surface area contributed by atoms with Crippen LogP contribution >= 0.6 is 23.2 Å². The van der Waals surface area contributed by atoms with Crippen LogP contribution in [0.25, 0.3) is 0 Å². The van der Waals surface area contributed by atoms with Crippen LogP contribution < -0.4 is 5.01 Å². The van der Waals surface area contributed by atoms with Gasteiger partial charge in [-0.15, -0.1) is 0 Å². The Labute approximate surface area is 135 Å². The fourth-order valence-corrected chi connectivity index (χ4v) is 2.08. The Morgan fingerprint density at radius 2 is 1.86 bits per heavy atom. The number of nitrogens with zero attached hydrogens (tertiary/aromatic N) is 3. The Morgan fingerprint density at radius 1 is 1.18 bits per heavy atom. The molecular weight excluding hydrogens is 338 g/mol. The summed E-state index contributed by atoms with van der Waals surface area (Å²) in [5, 5.41) is 5.70. The molecule has 1 aromatic heterocycles. The molecule has 0 fully saturated rings. The van der Waals surface area contributed by atoms with Gasteiger partial charge in [0.2, 0.25) is 0 Å². The summed E-state index contributed by atoms with van der Waals surface area (Å²) in [7, 11) is 1.52. The molecule has 0 radical (unpaired) electrons. The van der Waals surface area contributed by atoms with Gasteiger partial charge in [0.15, 0.2) is 5.82 Å². The number of anilines is 1. The number of hydrazone groups is 1. The lowest BCUT2D eigenvalue weighted by atomic mass is 10.2. The maximum Gasteiger partial charge on any atom is 0.417 e. The molecule has 0 saturated carbocycles. The first-order valence-corrected chi connectivity index (χ1v) is 6.79. The summed E-state index contributed by atoms with van der Waals surface area (Å²) in [6.45, 7) is 0. The number of pyridine rings is 1. The molecule has 22 heavy (non-hydrogen) atoms. The van der Waals surface area contributed by atoms with Gasteiger partial charge in [-0.05, 0) is 12.1 Å². The summed E-state index contributed by atoms with van der Waals surface area (Å²) in [6, 6.07) is 7.83. The van der Waals surface area contributed by atoms with Crippen molar-refractivity contribution < 1.29 is 13.2 Å². The molecule has 0 spiro atoms. The second-order valence-corrected chi connectivity index (χ2v) is 5.13. The zero-order valence-electron chi connectivity index (χ0n) is 11.3. The SMILES string of the molecule is CN(/N=C\c1ccccc1Cl)c1ncc(C(F)(F)F)cc1Cl. The second-order valence-electron chi connectivity index (χ2n) is 4.32. The Morgan fingerprint density at radius 3 is 2.45 bits per heavy atom. The minimum Gasteiger partial charge on any atom is -0.250 e. The summed E-state index contributed by atoms with van der Waals surface area (Å²) in [5.74, 6) is 0.109. The van der Waals surface area contributed by atoms with Crippen molar-refractivity contribution in [3.8, 4) is 0 Å². The highest BCUT2D eigenvalue weighted by atomic mass is 35.5. The van der Waals surface area contributed by atoms with Crippen molar-refractivity contribution in [1.29, 1.82) is 0 Å². The monoisotopic (exact) mass is 347 g/mol. The molecule has 0 amide bonds. The van der Waals surface area contributed by atoms with Crippen LogP contribution in [0, 0.1) is 0 Å². The van der Waals surface area contributed by atoms with Crippen LogP contribution in [0.1, 0.15) is 11.1 Å². The molecule has 0 aliphatic carbocycles. The highest BCUT2D eigenvalue weighted by molar-refractivity contribution is 6.33. The summed E-state index contributed by atoms with van der Waals surface area (Å²) >= 11 is 11.8. The minimum absolute atomic E-state index is 0.109. The molecule has 0 unspecified atom stereocenters. The average Bonchev–Trinajstić information content (AvgIpc) is 2.45. The Balaban J connectivity index is 2.23. The van der Waals surface area contributed by atoms with Gasteiger partial charge in [0.05, 0.1) is 16.8 Å². The first-order chi connectivity index (χ1) is 10.3. The molecule has 2 aromatic rings. The first kappa shape index (κ1) is 16.6. The largest absolute Gasteiger partial charge is 0.417 e. The standard InChI is InChI=1S/C14H10Cl2F3N3/c1-22(21-7-9-4-2-3-5-11(9)15)13-12(16)6-10(8-20-13)14(17,18)19/h2-8H,1H3/b21-7-. The molecule has 0 N–H and O–H groups in total. The van der Waals surface area contributed by atoms with Crippen LogP contribution in [0.5, 0.6) is 0 Å². The topological polar surface area (TPSA) is 28.5 Å². The molecule has 0 atom stereocenters. The fourth-order valence-electron chi connectivity index (χ4n) is 1.61. The maximum atomic E-state index is 12.6. The van der Waals surface area contributed by atoms with E-state index in [2.05, 4.69) is 10.1 Å². The number of halogens is 5. The van der Waals surface area contributed by atoms with E-state index in [9.17, 15) is 13.2 Å². The fraction of sp³-hybridized carbons (Fsp3) is 0.143. The van der Waals surface area contributed by atoms with Crippen LogP contribution in [0.2, 0.25) is 10.0 Å². The van der Waals surface area contributed by atoms with Crippen LogP contribution in [0.3, 0.4) is 0 Å². The molecular formula is C14H10Cl2F3N3. The summed E-state index contributed by atoms with van der Waals surface area (Å²) in [4.78, 5) is 3.71. The molecule has 0 saturated heterocycles. The number of hydrogen-bond acceptors (Lipinski definition) is 3. The van der Waals surface area contributed by atoms with Crippen molar-refractivity contribution in [3.05, 3.63) is 57.7 Å². The predicted molar refractivity (Wildman–Crippen MR) is 81.7 cm³/mol. The number of rotatable bonds is 3. The number of benzene rings is 1. The van der Waals surface area contributed by atoms with Crippen LogP contribution in [0.4, 0.5) is 19.0 Å². The van der Waals surface area contributed by atoms with Gasteiger partial charge in [-0.25, -0.2) is 9.99 Å². The molecule has 116 valence electrons. The van der Waals surface area contributed by atoms with Crippen LogP contribution in [0.15, 0.2) is 41.6 Å². The molecule has 0 bridgehead atoms. The third-order valence-corrected chi connectivity index (χ3v) is 3.35. The lowest BCUT2D eigenvalue weighted by Gasteiger charge is -2.15. The smallest absolute Gasteiger partial charge is 0.250 e. The average molecular weight is 348 g/mol. The van der Waals surface area contributed by atoms with E-state index >= 15 is 0 Å². The van der Waals surface area contributed by atoms with E-state index in [1.165, 1.54) is 18.3 Å². The summed E-state index contributed by atoms with van der Waals surface area (Å²) in [5.41, 5.74) is -0.246. The maximum absolute atomic E-state index is 12.6. The number of aromatic nitrogens is 1. The molecule has 2 rings (SSSR count). The van der Waals surface area contributed by atoms with Gasteiger partial charge < -0.3 is 0 Å². The van der Waals surface area contributed by atoms with Gasteiger partial charge in [0, 0.05) is 23.8 Å². The highest BCUT2D eigenvalue weighted by Crippen LogP contribution is 2.33. The highest BCUT2D eigenvalue weighted by Gasteiger charge is 2.31. The van der Waals surface area contributed by atoms with E-state index < -0.39 is 11.7 Å². The van der Waals surface area contributed by atoms with Crippen LogP contribution in [-0.2, 0) is 6.18 Å². The predicted octanol–water partition coefficient (Wildman–Crippen LogP) is 4.88. The molecule has 1 aromatic carbocycles. The van der Waals surface area contributed by atoms with E-state index in [0.717, 1.165) is 6.07 Å². The van der Waals surface area contributed by atoms with Crippen molar-refractivity contribution in [3.63, 3.8) is 0 Å². The zero-order valence-corrected chi connectivity index (χ0v) is 12.8. The quantitative estimate of drug-likeness (QED) is 0.584. The lowest BCUT2D eigenvalue weighted by Crippen LogP contribution is -2.13. The zero-order chi connectivity index (χ0) is 16.3. The van der Waals surface area contributed by atoms with Crippen molar-refractivity contribution in [2.45, 2.75) is 6.18 Å². The Bertz CT molecular complexity index is 702. The first-order valence-electron chi connectivity index (χ1n) is 6.04. The van der Waals surface area contributed by atoms with Gasteiger partial charge in [-0.2, -0.15) is 18.3 Å². The second kappa shape index (κ2) is 6.54. The number of alkyl halides is 3. The normalized spacial score (nSPS) is 11.9. The van der Waals surface area contributed by atoms with Gasteiger partial charge in [-0.3, -0.25) is 0 Å². The van der Waals surface area contributed by atoms with E-state index in [0.29, 0.717) is 16.8 Å². The molecule has 0 aliphatic heterocycles. The van der Waals surface area contributed by atoms with Gasteiger partial charge >= 0.3 is 6.18 Å². The summed E-state index contributed by atoms with van der Waals surface area (Å²) in [6.07, 6.45) is -2.31. The van der Waals surface area contributed by atoms with Gasteiger partial charge in [0.1, 0.15) is 0 Å². The van der Waals surface area contributed by atoms with Crippen molar-refractivity contribution in [2.24, 2.45) is 5.10 Å². The Kier molecular flexibility index (Phi) is 4.93. The van der Waals surface area contributed by atoms with E-state index in [4.69, 9.17) is 23.2 Å². The lowest BCUT2D eigenvalue weighted by molar-refractivity contribution is -0.137. The molecule has 8 heteroatoms. The van der Waals surface area contributed by atoms with Gasteiger partial charge in [0.25, 0.3) is 0 Å². The Hall–Kier alpha value is -1.79. The third kappa shape index (κ3) is 3.90.